The van der Waals surface area contributed by atoms with Gasteiger partial charge in [-0.05, 0) is 186 Å². The molecule has 0 spiro atoms. The summed E-state index contributed by atoms with van der Waals surface area (Å²) in [5.41, 5.74) is 4.89. The van der Waals surface area contributed by atoms with E-state index in [2.05, 4.69) is 30.4 Å². The lowest BCUT2D eigenvalue weighted by molar-refractivity contribution is -0.134. The van der Waals surface area contributed by atoms with Crippen molar-refractivity contribution in [2.24, 2.45) is 11.8 Å². The zero-order chi connectivity index (χ0) is 61.8. The second-order valence-corrected chi connectivity index (χ2v) is 20.8. The van der Waals surface area contributed by atoms with Crippen LogP contribution >= 0.6 is 0 Å². The molecule has 4 amide bonds. The fraction of sp³-hybridized carbons (Fsp3) is 0.333. The summed E-state index contributed by atoms with van der Waals surface area (Å²) in [5.74, 6) is -3.60. The van der Waals surface area contributed by atoms with Crippen LogP contribution in [-0.4, -0.2) is 129 Å². The number of hydrogen-bond donors (Lipinski definition) is 4. The monoisotopic (exact) mass is 1180 g/mol. The second-order valence-electron chi connectivity index (χ2n) is 20.8. The Kier molecular flexibility index (Phi) is 26.5. The summed E-state index contributed by atoms with van der Waals surface area (Å²) in [6.07, 6.45) is 15.2. The van der Waals surface area contributed by atoms with Gasteiger partial charge in [-0.15, -0.1) is 0 Å². The number of benzene rings is 4. The fourth-order valence-electron chi connectivity index (χ4n) is 9.71. The molecule has 0 radical (unpaired) electrons. The van der Waals surface area contributed by atoms with Crippen LogP contribution in [0.3, 0.4) is 0 Å². The molecular weight excluding hydrogens is 1100 g/mol. The zero-order valence-corrected chi connectivity index (χ0v) is 48.5. The van der Waals surface area contributed by atoms with E-state index in [9.17, 15) is 47.1 Å². The van der Waals surface area contributed by atoms with Crippen molar-refractivity contribution in [3.63, 3.8) is 0 Å². The molecule has 2 aliphatic heterocycles. The number of ketones is 2. The molecule has 0 aliphatic carbocycles. The van der Waals surface area contributed by atoms with Gasteiger partial charge < -0.3 is 40.4 Å². The number of nitrogens with zero attached hydrogens (tertiary/aromatic N) is 6. The number of hydrogen-bond acceptors (Lipinski definition) is 12. The van der Waals surface area contributed by atoms with Gasteiger partial charge in [-0.1, -0.05) is 26.7 Å². The number of carboxylic acids is 2. The quantitative estimate of drug-likeness (QED) is 0.0326. The van der Waals surface area contributed by atoms with Crippen LogP contribution in [0, 0.1) is 23.5 Å². The van der Waals surface area contributed by atoms with Crippen LogP contribution in [0.4, 0.5) is 31.5 Å². The maximum atomic E-state index is 13.5. The number of carbonyl (C=O) groups excluding carboxylic acids is 6. The molecule has 4 heterocycles. The number of unbranched alkanes of at least 4 members (excludes halogenated alkanes) is 2. The molecule has 8 rings (SSSR count). The number of aromatic nitrogens is 2. The highest BCUT2D eigenvalue weighted by Gasteiger charge is 2.29. The molecule has 4 N–H and O–H groups in total. The molecule has 4 aromatic carbocycles. The smallest absolute Gasteiger partial charge is 0.328 e. The van der Waals surface area contributed by atoms with Crippen molar-refractivity contribution in [1.29, 1.82) is 0 Å². The minimum atomic E-state index is -1.26. The molecule has 2 aromatic heterocycles. The molecule has 2 aliphatic rings. The van der Waals surface area contributed by atoms with Gasteiger partial charge in [0.2, 0.25) is 11.8 Å². The molecule has 0 unspecified atom stereocenters. The lowest BCUT2D eigenvalue weighted by Gasteiger charge is -2.33. The van der Waals surface area contributed by atoms with Crippen molar-refractivity contribution in [2.45, 2.75) is 78.1 Å². The summed E-state index contributed by atoms with van der Waals surface area (Å²) >= 11 is 0. The highest BCUT2D eigenvalue weighted by atomic mass is 19.1. The predicted octanol–water partition coefficient (Wildman–Crippen LogP) is 10.9. The molecule has 2 fully saturated rings. The summed E-state index contributed by atoms with van der Waals surface area (Å²) in [7, 11) is 0. The second kappa shape index (κ2) is 34.6. The Balaban J connectivity index is 0.000000244. The van der Waals surface area contributed by atoms with Crippen LogP contribution in [0.1, 0.15) is 119 Å². The minimum Gasteiger partial charge on any atom is -0.478 e. The Morgan fingerprint density at radius 2 is 0.849 bits per heavy atom. The van der Waals surface area contributed by atoms with Crippen LogP contribution in [0.5, 0.6) is 0 Å². The van der Waals surface area contributed by atoms with E-state index in [1.807, 2.05) is 26.0 Å². The number of amides is 4. The summed E-state index contributed by atoms with van der Waals surface area (Å²) in [4.78, 5) is 112. The fourth-order valence-corrected chi connectivity index (χ4v) is 9.71. The third-order valence-corrected chi connectivity index (χ3v) is 14.6. The first-order valence-electron chi connectivity index (χ1n) is 28.9. The van der Waals surface area contributed by atoms with Gasteiger partial charge in [0, 0.05) is 109 Å². The number of halogens is 2. The van der Waals surface area contributed by atoms with E-state index < -0.39 is 11.9 Å². The first-order valence-corrected chi connectivity index (χ1v) is 28.9. The Labute approximate surface area is 499 Å². The third-order valence-electron chi connectivity index (χ3n) is 14.6. The largest absolute Gasteiger partial charge is 0.478 e. The summed E-state index contributed by atoms with van der Waals surface area (Å²) in [6, 6.07) is 32.7. The maximum Gasteiger partial charge on any atom is 0.328 e. The molecule has 0 bridgehead atoms. The van der Waals surface area contributed by atoms with Crippen LogP contribution in [0.15, 0.2) is 158 Å². The number of carbonyl (C=O) groups is 8. The Morgan fingerprint density at radius 1 is 0.512 bits per heavy atom. The number of piperidine rings is 2. The zero-order valence-electron chi connectivity index (χ0n) is 48.5. The first-order chi connectivity index (χ1) is 41.5. The van der Waals surface area contributed by atoms with E-state index in [4.69, 9.17) is 10.2 Å². The van der Waals surface area contributed by atoms with Crippen molar-refractivity contribution < 1.29 is 57.4 Å². The maximum absolute atomic E-state index is 13.5. The topological polar surface area (TPSA) is 240 Å². The number of aliphatic carboxylic acids is 2. The summed E-state index contributed by atoms with van der Waals surface area (Å²) in [5, 5.41) is 21.4. The predicted molar refractivity (Wildman–Crippen MR) is 325 cm³/mol. The molecule has 0 atom stereocenters. The van der Waals surface area contributed by atoms with Crippen molar-refractivity contribution in [1.82, 2.24) is 19.8 Å². The number of anilines is 4. The summed E-state index contributed by atoms with van der Waals surface area (Å²) in [6.45, 7) is 9.33. The lowest BCUT2D eigenvalue weighted by atomic mass is 9.89. The minimum absolute atomic E-state index is 0.0314. The van der Waals surface area contributed by atoms with Gasteiger partial charge in [-0.2, -0.15) is 0 Å². The van der Waals surface area contributed by atoms with Gasteiger partial charge in [-0.3, -0.25) is 38.7 Å². The Morgan fingerprint density at radius 3 is 1.15 bits per heavy atom. The number of nitrogens with one attached hydrogen (secondary N) is 2. The number of carboxylic acid groups (broad SMARTS) is 2. The Hall–Kier alpha value is -9.14. The highest BCUT2D eigenvalue weighted by molar-refractivity contribution is 6.07. The van der Waals surface area contributed by atoms with E-state index in [1.165, 1.54) is 24.3 Å². The van der Waals surface area contributed by atoms with Crippen LogP contribution in [-0.2, 0) is 19.2 Å². The SMILES string of the molecule is CCCCC(=O)Nc1ccc(C(=O)N(CCN2CCC(C(=O)c3ccc(F)cc3)CC2)c2cccnc2)cc1.CCCCC(=O)Nc1ccc(C(=O)N(CCN2CCC(C(=O)c3ccc(F)cc3)CC2)c2cccnc2)cc1.O=C(O)/C=C/C(=O)O. The van der Waals surface area contributed by atoms with Gasteiger partial charge in [0.05, 0.1) is 23.8 Å². The van der Waals surface area contributed by atoms with E-state index in [0.717, 1.165) is 77.5 Å². The molecular formula is C66H74F2N8O10. The molecule has 6 aromatic rings. The van der Waals surface area contributed by atoms with Gasteiger partial charge in [0.1, 0.15) is 11.6 Å². The molecule has 20 heteroatoms. The standard InChI is InChI=1S/2C31H35FN4O3.C4H4O4/c2*1-2-3-6-29(37)34-27-13-9-25(10-14-27)31(39)36(28-5-4-17-33-22-28)21-20-35-18-15-24(16-19-35)30(38)23-7-11-26(32)12-8-23;5-3(6)1-2-4(7)8/h2*4-5,7-14,17,22,24H,2-3,6,15-16,18-21H2,1H3,(H,34,37);1-2H,(H,5,6)(H,7,8)/b;;2-1+. The van der Waals surface area contributed by atoms with Crippen LogP contribution < -0.4 is 20.4 Å². The molecule has 0 saturated carbocycles. The van der Waals surface area contributed by atoms with Gasteiger partial charge in [0.25, 0.3) is 11.8 Å². The average molecular weight is 1180 g/mol. The van der Waals surface area contributed by atoms with E-state index in [-0.39, 0.29) is 58.7 Å². The summed E-state index contributed by atoms with van der Waals surface area (Å²) < 4.78 is 26.4. The lowest BCUT2D eigenvalue weighted by Crippen LogP contribution is -2.43. The number of rotatable bonds is 24. The molecule has 86 heavy (non-hydrogen) atoms. The van der Waals surface area contributed by atoms with Crippen molar-refractivity contribution in [3.05, 3.63) is 192 Å². The number of likely N-dealkylation sites (tertiary alicyclic amines) is 2. The van der Waals surface area contributed by atoms with Gasteiger partial charge in [0.15, 0.2) is 11.6 Å². The van der Waals surface area contributed by atoms with Crippen molar-refractivity contribution in [2.75, 3.05) is 72.8 Å². The third kappa shape index (κ3) is 21.5. The molecule has 452 valence electrons. The van der Waals surface area contributed by atoms with Crippen molar-refractivity contribution >= 4 is 69.9 Å². The van der Waals surface area contributed by atoms with E-state index in [1.54, 1.807) is 120 Å². The van der Waals surface area contributed by atoms with E-state index >= 15 is 0 Å². The van der Waals surface area contributed by atoms with E-state index in [0.29, 0.717) is 96.2 Å². The highest BCUT2D eigenvalue weighted by Crippen LogP contribution is 2.26. The number of Topliss-reactive ketones (excluding diaryl/α,β-unsaturated/α-hetero) is 2. The van der Waals surface area contributed by atoms with Crippen LogP contribution in [0.2, 0.25) is 0 Å². The molecule has 18 nitrogen and oxygen atoms in total. The normalized spacial score (nSPS) is 13.7. The Bertz CT molecular complexity index is 2980. The average Bonchev–Trinajstić information content (AvgIpc) is 3.48. The van der Waals surface area contributed by atoms with Gasteiger partial charge >= 0.3 is 11.9 Å². The molecule has 2 saturated heterocycles. The number of pyridine rings is 2. The van der Waals surface area contributed by atoms with Gasteiger partial charge in [-0.25, -0.2) is 18.4 Å². The van der Waals surface area contributed by atoms with Crippen LogP contribution in [0.25, 0.3) is 0 Å². The first kappa shape index (κ1) is 66.0. The van der Waals surface area contributed by atoms with Crippen molar-refractivity contribution in [3.8, 4) is 0 Å².